The molecule has 0 saturated carbocycles. The summed E-state index contributed by atoms with van der Waals surface area (Å²) in [6.07, 6.45) is 4.65. The van der Waals surface area contributed by atoms with E-state index in [0.717, 1.165) is 28.6 Å². The summed E-state index contributed by atoms with van der Waals surface area (Å²) >= 11 is 1.63. The normalized spacial score (nSPS) is 12.6. The zero-order chi connectivity index (χ0) is 19.9. The number of hydrogen-bond donors (Lipinski definition) is 3. The Labute approximate surface area is 164 Å². The molecule has 1 atom stereocenters. The third kappa shape index (κ3) is 6.82. The van der Waals surface area contributed by atoms with Crippen molar-refractivity contribution in [1.82, 2.24) is 15.6 Å². The molecule has 0 bridgehead atoms. The summed E-state index contributed by atoms with van der Waals surface area (Å²) in [5.74, 6) is 0.589. The number of fused-ring (bicyclic) bond motifs is 1. The fourth-order valence-corrected chi connectivity index (χ4v) is 3.21. The zero-order valence-electron chi connectivity index (χ0n) is 16.4. The Balaban J connectivity index is 1.89. The summed E-state index contributed by atoms with van der Waals surface area (Å²) in [5.41, 5.74) is 1.65. The van der Waals surface area contributed by atoms with Gasteiger partial charge in [0.1, 0.15) is 11.6 Å². The van der Waals surface area contributed by atoms with Crippen LogP contribution in [0.25, 0.3) is 10.9 Å². The monoisotopic (exact) mass is 391 g/mol. The summed E-state index contributed by atoms with van der Waals surface area (Å²) in [6, 6.07) is 7.48. The third-order valence-electron chi connectivity index (χ3n) is 3.99. The molecule has 0 fully saturated rings. The standard InChI is InChI=1S/C20H29N3O3S/c1-20(2,3)26-19(25)23-17(10-12-27-4)18(24)21-11-9-14-13-22-16-8-6-5-7-15(14)16/h5-8,13,17,22H,9-12H2,1-4H3,(H,21,24)(H,23,25)/t17-/m0/s1. The van der Waals surface area contributed by atoms with Crippen molar-refractivity contribution in [2.45, 2.75) is 45.3 Å². The second kappa shape index (κ2) is 9.69. The van der Waals surface area contributed by atoms with Crippen LogP contribution in [0.15, 0.2) is 30.5 Å². The number of thioether (sulfide) groups is 1. The molecule has 0 aliphatic rings. The average Bonchev–Trinajstić information content (AvgIpc) is 3.00. The second-order valence-corrected chi connectivity index (χ2v) is 8.37. The van der Waals surface area contributed by atoms with Gasteiger partial charge in [-0.25, -0.2) is 4.79 Å². The first-order chi connectivity index (χ1) is 12.8. The van der Waals surface area contributed by atoms with E-state index in [2.05, 4.69) is 21.7 Å². The lowest BCUT2D eigenvalue weighted by Gasteiger charge is -2.23. The molecule has 0 saturated heterocycles. The maximum atomic E-state index is 12.5. The zero-order valence-corrected chi connectivity index (χ0v) is 17.2. The molecule has 2 amide bonds. The second-order valence-electron chi connectivity index (χ2n) is 7.38. The highest BCUT2D eigenvalue weighted by atomic mass is 32.2. The van der Waals surface area contributed by atoms with Gasteiger partial charge in [0, 0.05) is 23.6 Å². The molecule has 0 aliphatic carbocycles. The van der Waals surface area contributed by atoms with E-state index >= 15 is 0 Å². The van der Waals surface area contributed by atoms with Gasteiger partial charge in [0.05, 0.1) is 0 Å². The van der Waals surface area contributed by atoms with Gasteiger partial charge in [-0.2, -0.15) is 11.8 Å². The van der Waals surface area contributed by atoms with E-state index in [4.69, 9.17) is 4.74 Å². The largest absolute Gasteiger partial charge is 0.444 e. The van der Waals surface area contributed by atoms with Crippen LogP contribution in [0.5, 0.6) is 0 Å². The van der Waals surface area contributed by atoms with Crippen molar-refractivity contribution in [2.75, 3.05) is 18.6 Å². The molecular formula is C20H29N3O3S. The van der Waals surface area contributed by atoms with E-state index in [-0.39, 0.29) is 5.91 Å². The van der Waals surface area contributed by atoms with Crippen LogP contribution in [0, 0.1) is 0 Å². The Morgan fingerprint density at radius 1 is 1.26 bits per heavy atom. The number of benzene rings is 1. The fraction of sp³-hybridized carbons (Fsp3) is 0.500. The van der Waals surface area contributed by atoms with E-state index < -0.39 is 17.7 Å². The van der Waals surface area contributed by atoms with Gasteiger partial charge >= 0.3 is 6.09 Å². The lowest BCUT2D eigenvalue weighted by atomic mass is 10.1. The van der Waals surface area contributed by atoms with E-state index in [0.29, 0.717) is 13.0 Å². The molecule has 7 heteroatoms. The average molecular weight is 392 g/mol. The minimum Gasteiger partial charge on any atom is -0.444 e. The Hall–Kier alpha value is -2.15. The molecule has 0 spiro atoms. The van der Waals surface area contributed by atoms with Crippen LogP contribution in [0.3, 0.4) is 0 Å². The molecule has 0 aliphatic heterocycles. The molecule has 0 unspecified atom stereocenters. The number of carbonyl (C=O) groups is 2. The van der Waals surface area contributed by atoms with Crippen LogP contribution in [0.2, 0.25) is 0 Å². The molecule has 27 heavy (non-hydrogen) atoms. The van der Waals surface area contributed by atoms with Gasteiger partial charge in [-0.15, -0.1) is 0 Å². The lowest BCUT2D eigenvalue weighted by Crippen LogP contribution is -2.48. The van der Waals surface area contributed by atoms with Gasteiger partial charge in [-0.1, -0.05) is 18.2 Å². The smallest absolute Gasteiger partial charge is 0.408 e. The van der Waals surface area contributed by atoms with Gasteiger partial charge in [0.15, 0.2) is 0 Å². The molecule has 6 nitrogen and oxygen atoms in total. The quantitative estimate of drug-likeness (QED) is 0.643. The van der Waals surface area contributed by atoms with Crippen molar-refractivity contribution >= 4 is 34.7 Å². The number of aromatic amines is 1. The van der Waals surface area contributed by atoms with Gasteiger partial charge in [0.2, 0.25) is 5.91 Å². The Morgan fingerprint density at radius 3 is 2.70 bits per heavy atom. The number of hydrogen-bond acceptors (Lipinski definition) is 4. The summed E-state index contributed by atoms with van der Waals surface area (Å²) < 4.78 is 5.27. The van der Waals surface area contributed by atoms with Crippen LogP contribution in [0.4, 0.5) is 4.79 Å². The summed E-state index contributed by atoms with van der Waals surface area (Å²) in [4.78, 5) is 27.8. The minimum atomic E-state index is -0.602. The van der Waals surface area contributed by atoms with Gasteiger partial charge in [-0.05, 0) is 57.3 Å². The molecule has 1 aromatic carbocycles. The number of amides is 2. The molecular weight excluding hydrogens is 362 g/mol. The summed E-state index contributed by atoms with van der Waals surface area (Å²) in [5, 5.41) is 6.78. The summed E-state index contributed by atoms with van der Waals surface area (Å²) in [7, 11) is 0. The number of H-pyrrole nitrogens is 1. The molecule has 3 N–H and O–H groups in total. The number of carbonyl (C=O) groups excluding carboxylic acids is 2. The van der Waals surface area contributed by atoms with Crippen LogP contribution in [-0.2, 0) is 16.0 Å². The maximum absolute atomic E-state index is 12.5. The van der Waals surface area contributed by atoms with Gasteiger partial charge in [-0.3, -0.25) is 4.79 Å². The number of para-hydroxylation sites is 1. The highest BCUT2D eigenvalue weighted by Gasteiger charge is 2.23. The van der Waals surface area contributed by atoms with Crippen LogP contribution in [0.1, 0.15) is 32.8 Å². The predicted octanol–water partition coefficient (Wildman–Crippen LogP) is 3.47. The van der Waals surface area contributed by atoms with Crippen molar-refractivity contribution in [3.05, 3.63) is 36.0 Å². The fourth-order valence-electron chi connectivity index (χ4n) is 2.74. The van der Waals surface area contributed by atoms with Crippen LogP contribution in [-0.4, -0.2) is 47.2 Å². The van der Waals surface area contributed by atoms with Crippen molar-refractivity contribution < 1.29 is 14.3 Å². The molecule has 1 aromatic heterocycles. The summed E-state index contributed by atoms with van der Waals surface area (Å²) in [6.45, 7) is 5.90. The number of nitrogens with one attached hydrogen (secondary N) is 3. The first kappa shape index (κ1) is 21.2. The Kier molecular flexibility index (Phi) is 7.59. The number of alkyl carbamates (subject to hydrolysis) is 1. The first-order valence-electron chi connectivity index (χ1n) is 9.11. The van der Waals surface area contributed by atoms with Crippen molar-refractivity contribution in [3.8, 4) is 0 Å². The van der Waals surface area contributed by atoms with E-state index in [1.165, 1.54) is 0 Å². The maximum Gasteiger partial charge on any atom is 0.408 e. The molecule has 2 aromatic rings. The molecule has 1 heterocycles. The topological polar surface area (TPSA) is 83.2 Å². The minimum absolute atomic E-state index is 0.185. The SMILES string of the molecule is CSCC[C@H](NC(=O)OC(C)(C)C)C(=O)NCCc1c[nH]c2ccccc12. The Morgan fingerprint density at radius 2 is 2.00 bits per heavy atom. The number of ether oxygens (including phenoxy) is 1. The Bertz CT molecular complexity index is 767. The third-order valence-corrected chi connectivity index (χ3v) is 4.63. The van der Waals surface area contributed by atoms with E-state index in [9.17, 15) is 9.59 Å². The van der Waals surface area contributed by atoms with E-state index in [1.807, 2.05) is 30.7 Å². The number of rotatable bonds is 8. The van der Waals surface area contributed by atoms with Crippen LogP contribution < -0.4 is 10.6 Å². The first-order valence-corrected chi connectivity index (χ1v) is 10.5. The highest BCUT2D eigenvalue weighted by molar-refractivity contribution is 7.98. The molecule has 2 rings (SSSR count). The highest BCUT2D eigenvalue weighted by Crippen LogP contribution is 2.17. The molecule has 0 radical (unpaired) electrons. The van der Waals surface area contributed by atoms with Gasteiger partial charge < -0.3 is 20.4 Å². The van der Waals surface area contributed by atoms with Crippen molar-refractivity contribution in [1.29, 1.82) is 0 Å². The van der Waals surface area contributed by atoms with Crippen molar-refractivity contribution in [3.63, 3.8) is 0 Å². The van der Waals surface area contributed by atoms with Crippen LogP contribution >= 0.6 is 11.8 Å². The number of aromatic nitrogens is 1. The van der Waals surface area contributed by atoms with Gasteiger partial charge in [0.25, 0.3) is 0 Å². The molecule has 148 valence electrons. The van der Waals surface area contributed by atoms with Crippen molar-refractivity contribution in [2.24, 2.45) is 0 Å². The lowest BCUT2D eigenvalue weighted by molar-refractivity contribution is -0.123. The van der Waals surface area contributed by atoms with E-state index in [1.54, 1.807) is 32.5 Å². The predicted molar refractivity (Wildman–Crippen MR) is 111 cm³/mol.